The van der Waals surface area contributed by atoms with Crippen molar-refractivity contribution in [3.8, 4) is 0 Å². The smallest absolute Gasteiger partial charge is 0.354 e. The van der Waals surface area contributed by atoms with E-state index in [1.165, 1.54) is 9.80 Å². The van der Waals surface area contributed by atoms with Gasteiger partial charge in [-0.05, 0) is 32.4 Å². The van der Waals surface area contributed by atoms with Crippen LogP contribution >= 0.6 is 0 Å². The first-order valence-electron chi connectivity index (χ1n) is 9.57. The van der Waals surface area contributed by atoms with Crippen molar-refractivity contribution in [2.75, 3.05) is 18.1 Å². The van der Waals surface area contributed by atoms with E-state index in [2.05, 4.69) is 5.32 Å². The number of carbonyl (C=O) groups excluding carboxylic acids is 4. The summed E-state index contributed by atoms with van der Waals surface area (Å²) < 4.78 is 5.30. The number of amides is 3. The van der Waals surface area contributed by atoms with Gasteiger partial charge >= 0.3 is 5.97 Å². The van der Waals surface area contributed by atoms with E-state index in [1.807, 2.05) is 13.8 Å². The van der Waals surface area contributed by atoms with Crippen LogP contribution in [0.3, 0.4) is 0 Å². The first-order valence-corrected chi connectivity index (χ1v) is 9.57. The first kappa shape index (κ1) is 19.9. The van der Waals surface area contributed by atoms with E-state index in [9.17, 15) is 19.2 Å². The minimum absolute atomic E-state index is 0.0378. The lowest BCUT2D eigenvalue weighted by Crippen LogP contribution is -2.68. The third-order valence-corrected chi connectivity index (χ3v) is 5.37. The number of nitrogens with one attached hydrogen (secondary N) is 1. The highest BCUT2D eigenvalue weighted by Crippen LogP contribution is 2.44. The van der Waals surface area contributed by atoms with Crippen LogP contribution < -0.4 is 10.2 Å². The Morgan fingerprint density at radius 2 is 1.96 bits per heavy atom. The van der Waals surface area contributed by atoms with Crippen molar-refractivity contribution >= 4 is 29.4 Å². The summed E-state index contributed by atoms with van der Waals surface area (Å²) in [7, 11) is 0. The molecule has 1 N–H and O–H groups in total. The molecule has 0 spiro atoms. The summed E-state index contributed by atoms with van der Waals surface area (Å²) in [5.74, 6) is -1.76. The maximum Gasteiger partial charge on any atom is 0.354 e. The lowest BCUT2D eigenvalue weighted by atomic mass is 9.96. The Kier molecular flexibility index (Phi) is 5.40. The van der Waals surface area contributed by atoms with Gasteiger partial charge in [0.2, 0.25) is 11.6 Å². The molecule has 2 atom stereocenters. The average Bonchev–Trinajstić information content (AvgIpc) is 3.04. The second-order valence-corrected chi connectivity index (χ2v) is 7.07. The highest BCUT2D eigenvalue weighted by molar-refractivity contribution is 6.15. The van der Waals surface area contributed by atoms with Crippen LogP contribution in [0.25, 0.3) is 0 Å². The van der Waals surface area contributed by atoms with E-state index < -0.39 is 24.1 Å². The Bertz CT molecular complexity index is 824. The first-order chi connectivity index (χ1) is 13.4. The van der Waals surface area contributed by atoms with Gasteiger partial charge in [0.25, 0.3) is 11.8 Å². The molecule has 2 aliphatic rings. The van der Waals surface area contributed by atoms with Gasteiger partial charge < -0.3 is 15.0 Å². The number of benzene rings is 1. The van der Waals surface area contributed by atoms with Crippen molar-refractivity contribution in [3.05, 3.63) is 29.8 Å². The van der Waals surface area contributed by atoms with Gasteiger partial charge in [-0.1, -0.05) is 19.1 Å². The van der Waals surface area contributed by atoms with Crippen LogP contribution in [-0.2, 0) is 19.1 Å². The number of hydrogen-bond acceptors (Lipinski definition) is 5. The van der Waals surface area contributed by atoms with Gasteiger partial charge in [-0.25, -0.2) is 4.79 Å². The van der Waals surface area contributed by atoms with Crippen molar-refractivity contribution in [3.63, 3.8) is 0 Å². The largest absolute Gasteiger partial charge is 0.452 e. The molecule has 1 fully saturated rings. The topological polar surface area (TPSA) is 96.0 Å². The van der Waals surface area contributed by atoms with Gasteiger partial charge in [-0.2, -0.15) is 0 Å². The van der Waals surface area contributed by atoms with Gasteiger partial charge in [0.1, 0.15) is 0 Å². The molecule has 150 valence electrons. The molecule has 1 aromatic carbocycles. The number of esters is 1. The maximum absolute atomic E-state index is 13.1. The fraction of sp³-hybridized carbons (Fsp3) is 0.500. The molecule has 1 saturated heterocycles. The molecule has 0 bridgehead atoms. The number of carbonyl (C=O) groups is 4. The number of anilines is 1. The Morgan fingerprint density at radius 3 is 2.64 bits per heavy atom. The second-order valence-electron chi connectivity index (χ2n) is 7.07. The predicted molar refractivity (Wildman–Crippen MR) is 101 cm³/mol. The fourth-order valence-electron chi connectivity index (χ4n) is 3.84. The summed E-state index contributed by atoms with van der Waals surface area (Å²) in [5, 5.41) is 2.73. The van der Waals surface area contributed by atoms with Crippen LogP contribution in [0.1, 0.15) is 50.4 Å². The zero-order chi connectivity index (χ0) is 20.5. The van der Waals surface area contributed by atoms with Crippen LogP contribution in [0.5, 0.6) is 0 Å². The van der Waals surface area contributed by atoms with Crippen LogP contribution in [0, 0.1) is 0 Å². The molecular formula is C20H25N3O5. The summed E-state index contributed by atoms with van der Waals surface area (Å²) in [6, 6.07) is 6.69. The van der Waals surface area contributed by atoms with Crippen molar-refractivity contribution in [1.29, 1.82) is 0 Å². The molecule has 2 heterocycles. The summed E-state index contributed by atoms with van der Waals surface area (Å²) >= 11 is 0. The summed E-state index contributed by atoms with van der Waals surface area (Å²) in [5.41, 5.74) is -0.772. The lowest BCUT2D eigenvalue weighted by molar-refractivity contribution is -0.160. The summed E-state index contributed by atoms with van der Waals surface area (Å²) in [6.45, 7) is 5.30. The van der Waals surface area contributed by atoms with E-state index in [4.69, 9.17) is 4.74 Å². The molecular weight excluding hydrogens is 362 g/mol. The SMILES string of the molecule is CC[C@H](C)NC(=O)COC(=O)[C@]12CCC(=O)N1c1ccccc1C(=O)N2CC. The van der Waals surface area contributed by atoms with E-state index in [0.717, 1.165) is 6.42 Å². The number of likely N-dealkylation sites (N-methyl/N-ethyl adjacent to an activating group) is 1. The number of hydrogen-bond donors (Lipinski definition) is 1. The standard InChI is InChI=1S/C20H25N3O5/c1-4-13(3)21-16(24)12-28-19(27)20-11-10-17(25)23(20)15-9-7-6-8-14(15)18(26)22(20)5-2/h6-9,13H,4-5,10-12H2,1-3H3,(H,21,24)/t13-,20-/m0/s1. The van der Waals surface area contributed by atoms with Gasteiger partial charge in [-0.3, -0.25) is 19.3 Å². The molecule has 3 amide bonds. The average molecular weight is 387 g/mol. The molecule has 0 saturated carbocycles. The Hall–Kier alpha value is -2.90. The van der Waals surface area contributed by atoms with Crippen molar-refractivity contribution in [2.45, 2.75) is 51.7 Å². The number of nitrogens with zero attached hydrogens (tertiary/aromatic N) is 2. The minimum Gasteiger partial charge on any atom is -0.452 e. The maximum atomic E-state index is 13.1. The minimum atomic E-state index is -1.55. The quantitative estimate of drug-likeness (QED) is 0.745. The van der Waals surface area contributed by atoms with E-state index >= 15 is 0 Å². The molecule has 28 heavy (non-hydrogen) atoms. The van der Waals surface area contributed by atoms with Crippen LogP contribution in [0.4, 0.5) is 5.69 Å². The predicted octanol–water partition coefficient (Wildman–Crippen LogP) is 1.44. The molecule has 0 aliphatic carbocycles. The summed E-state index contributed by atoms with van der Waals surface area (Å²) in [6.07, 6.45) is 0.999. The number of ether oxygens (including phenoxy) is 1. The Labute approximate surface area is 163 Å². The molecule has 0 aromatic heterocycles. The Balaban J connectivity index is 1.93. The van der Waals surface area contributed by atoms with Gasteiger partial charge in [0.15, 0.2) is 6.61 Å². The second kappa shape index (κ2) is 7.61. The highest BCUT2D eigenvalue weighted by atomic mass is 16.5. The van der Waals surface area contributed by atoms with Crippen molar-refractivity contribution in [2.24, 2.45) is 0 Å². The molecule has 0 unspecified atom stereocenters. The third-order valence-electron chi connectivity index (χ3n) is 5.37. The molecule has 2 aliphatic heterocycles. The third kappa shape index (κ3) is 3.02. The van der Waals surface area contributed by atoms with Crippen LogP contribution in [-0.4, -0.2) is 53.4 Å². The molecule has 1 aromatic rings. The molecule has 8 nitrogen and oxygen atoms in total. The van der Waals surface area contributed by atoms with Gasteiger partial charge in [0.05, 0.1) is 11.3 Å². The van der Waals surface area contributed by atoms with E-state index in [1.54, 1.807) is 31.2 Å². The fourth-order valence-corrected chi connectivity index (χ4v) is 3.84. The summed E-state index contributed by atoms with van der Waals surface area (Å²) in [4.78, 5) is 53.6. The zero-order valence-electron chi connectivity index (χ0n) is 16.4. The zero-order valence-corrected chi connectivity index (χ0v) is 16.4. The van der Waals surface area contributed by atoms with Crippen LogP contribution in [0.2, 0.25) is 0 Å². The van der Waals surface area contributed by atoms with Crippen molar-refractivity contribution in [1.82, 2.24) is 10.2 Å². The Morgan fingerprint density at radius 1 is 1.25 bits per heavy atom. The van der Waals surface area contributed by atoms with Crippen LogP contribution in [0.15, 0.2) is 24.3 Å². The monoisotopic (exact) mass is 387 g/mol. The lowest BCUT2D eigenvalue weighted by Gasteiger charge is -2.47. The molecule has 3 rings (SSSR count). The van der Waals surface area contributed by atoms with E-state index in [0.29, 0.717) is 11.3 Å². The number of para-hydroxylation sites is 1. The van der Waals surface area contributed by atoms with Gasteiger partial charge in [-0.15, -0.1) is 0 Å². The number of rotatable bonds is 6. The van der Waals surface area contributed by atoms with E-state index in [-0.39, 0.29) is 37.2 Å². The molecule has 0 radical (unpaired) electrons. The number of fused-ring (bicyclic) bond motifs is 3. The van der Waals surface area contributed by atoms with Crippen molar-refractivity contribution < 1.29 is 23.9 Å². The highest BCUT2D eigenvalue weighted by Gasteiger charge is 2.61. The normalized spacial score (nSPS) is 21.8. The molecule has 8 heteroatoms. The van der Waals surface area contributed by atoms with Gasteiger partial charge in [0, 0.05) is 25.4 Å².